The van der Waals surface area contributed by atoms with Crippen LogP contribution in [0.15, 0.2) is 41.5 Å². The first-order chi connectivity index (χ1) is 11.5. The number of hydrogen-bond donors (Lipinski definition) is 2. The van der Waals surface area contributed by atoms with Crippen molar-refractivity contribution in [1.29, 1.82) is 0 Å². The number of thiocarbonyl (C=S) groups is 1. The third-order valence-corrected chi connectivity index (χ3v) is 3.77. The summed E-state index contributed by atoms with van der Waals surface area (Å²) in [4.78, 5) is 0. The van der Waals surface area contributed by atoms with E-state index in [4.69, 9.17) is 15.2 Å². The Kier molecular flexibility index (Phi) is 6.14. The summed E-state index contributed by atoms with van der Waals surface area (Å²) in [7, 11) is 1.61. The van der Waals surface area contributed by atoms with Crippen molar-refractivity contribution < 1.29 is 9.47 Å². The highest BCUT2D eigenvalue weighted by atomic mass is 32.1. The van der Waals surface area contributed by atoms with Gasteiger partial charge in [0.1, 0.15) is 6.61 Å². The molecule has 0 atom stereocenters. The van der Waals surface area contributed by atoms with Crippen LogP contribution in [0.25, 0.3) is 0 Å². The zero-order chi connectivity index (χ0) is 17.5. The lowest BCUT2D eigenvalue weighted by molar-refractivity contribution is 0.284. The molecule has 0 saturated heterocycles. The number of benzene rings is 2. The van der Waals surface area contributed by atoms with E-state index in [0.29, 0.717) is 18.1 Å². The molecule has 0 bridgehead atoms. The molecule has 0 aliphatic heterocycles. The van der Waals surface area contributed by atoms with Crippen LogP contribution in [0.2, 0.25) is 0 Å². The summed E-state index contributed by atoms with van der Waals surface area (Å²) >= 11 is 4.69. The van der Waals surface area contributed by atoms with Crippen LogP contribution in [0.1, 0.15) is 22.3 Å². The lowest BCUT2D eigenvalue weighted by Crippen LogP contribution is -2.23. The van der Waals surface area contributed by atoms with Gasteiger partial charge in [-0.25, -0.2) is 0 Å². The van der Waals surface area contributed by atoms with Crippen LogP contribution >= 0.6 is 12.2 Å². The number of nitrogens with one attached hydrogen (secondary N) is 1. The summed E-state index contributed by atoms with van der Waals surface area (Å²) in [5.74, 6) is 1.32. The fraction of sp³-hybridized carbons (Fsp3) is 0.222. The zero-order valence-corrected chi connectivity index (χ0v) is 14.8. The summed E-state index contributed by atoms with van der Waals surface area (Å²) in [5.41, 5.74) is 12.3. The van der Waals surface area contributed by atoms with E-state index in [1.807, 2.05) is 24.3 Å². The third-order valence-electron chi connectivity index (χ3n) is 3.68. The molecule has 5 nitrogen and oxygen atoms in total. The van der Waals surface area contributed by atoms with Gasteiger partial charge >= 0.3 is 0 Å². The molecule has 0 fully saturated rings. The Labute approximate surface area is 147 Å². The van der Waals surface area contributed by atoms with Crippen LogP contribution in [0.3, 0.4) is 0 Å². The molecule has 2 rings (SSSR count). The largest absolute Gasteiger partial charge is 0.493 e. The zero-order valence-electron chi connectivity index (χ0n) is 14.0. The summed E-state index contributed by atoms with van der Waals surface area (Å²) in [6, 6.07) is 11.8. The van der Waals surface area contributed by atoms with E-state index in [1.165, 1.54) is 11.1 Å². The number of ether oxygens (including phenoxy) is 2. The topological polar surface area (TPSA) is 68.9 Å². The molecule has 0 spiro atoms. The highest BCUT2D eigenvalue weighted by Crippen LogP contribution is 2.28. The maximum absolute atomic E-state index is 5.92. The number of methoxy groups -OCH3 is 1. The van der Waals surface area contributed by atoms with Crippen LogP contribution in [-0.2, 0) is 6.61 Å². The van der Waals surface area contributed by atoms with E-state index in [-0.39, 0.29) is 5.11 Å². The maximum Gasteiger partial charge on any atom is 0.184 e. The van der Waals surface area contributed by atoms with Crippen molar-refractivity contribution in [2.45, 2.75) is 20.5 Å². The first kappa shape index (κ1) is 17.7. The molecule has 0 aliphatic rings. The molecule has 0 radical (unpaired) electrons. The molecule has 2 aromatic carbocycles. The highest BCUT2D eigenvalue weighted by molar-refractivity contribution is 7.80. The van der Waals surface area contributed by atoms with E-state index in [9.17, 15) is 0 Å². The first-order valence-corrected chi connectivity index (χ1v) is 7.86. The predicted molar refractivity (Wildman–Crippen MR) is 101 cm³/mol. The third kappa shape index (κ3) is 4.70. The highest BCUT2D eigenvalue weighted by Gasteiger charge is 2.07. The van der Waals surface area contributed by atoms with Crippen molar-refractivity contribution >= 4 is 23.5 Å². The minimum absolute atomic E-state index is 0.117. The second-order valence-electron chi connectivity index (χ2n) is 5.29. The van der Waals surface area contributed by atoms with Gasteiger partial charge < -0.3 is 15.2 Å². The van der Waals surface area contributed by atoms with E-state index in [0.717, 1.165) is 11.1 Å². The average Bonchev–Trinajstić information content (AvgIpc) is 2.56. The van der Waals surface area contributed by atoms with Crippen LogP contribution in [-0.4, -0.2) is 18.4 Å². The number of hydrazone groups is 1. The molecule has 0 unspecified atom stereocenters. The van der Waals surface area contributed by atoms with Gasteiger partial charge in [-0.2, -0.15) is 5.10 Å². The monoisotopic (exact) mass is 343 g/mol. The molecule has 0 aromatic heterocycles. The molecule has 3 N–H and O–H groups in total. The van der Waals surface area contributed by atoms with E-state index >= 15 is 0 Å². The first-order valence-electron chi connectivity index (χ1n) is 7.45. The van der Waals surface area contributed by atoms with Gasteiger partial charge in [-0.3, -0.25) is 5.43 Å². The quantitative estimate of drug-likeness (QED) is 0.479. The predicted octanol–water partition coefficient (Wildman–Crippen LogP) is 3.06. The van der Waals surface area contributed by atoms with Gasteiger partial charge in [0.15, 0.2) is 16.6 Å². The summed E-state index contributed by atoms with van der Waals surface area (Å²) < 4.78 is 11.3. The lowest BCUT2D eigenvalue weighted by Gasteiger charge is -2.13. The Bertz CT molecular complexity index is 760. The number of aryl methyl sites for hydroxylation is 1. The van der Waals surface area contributed by atoms with Crippen molar-refractivity contribution in [3.05, 3.63) is 58.7 Å². The van der Waals surface area contributed by atoms with Crippen LogP contribution in [0, 0.1) is 13.8 Å². The molecule has 0 aliphatic carbocycles. The van der Waals surface area contributed by atoms with E-state index < -0.39 is 0 Å². The van der Waals surface area contributed by atoms with Crippen molar-refractivity contribution in [3.8, 4) is 11.5 Å². The van der Waals surface area contributed by atoms with Crippen LogP contribution in [0.5, 0.6) is 11.5 Å². The van der Waals surface area contributed by atoms with Gasteiger partial charge in [0.25, 0.3) is 0 Å². The normalized spacial score (nSPS) is 10.6. The molecule has 126 valence electrons. The maximum atomic E-state index is 5.92. The molecular weight excluding hydrogens is 322 g/mol. The second kappa shape index (κ2) is 8.31. The lowest BCUT2D eigenvalue weighted by atomic mass is 10.0. The Morgan fingerprint density at radius 1 is 1.25 bits per heavy atom. The van der Waals surface area contributed by atoms with Gasteiger partial charge in [-0.05, 0) is 66.5 Å². The number of nitrogens with zero attached hydrogens (tertiary/aromatic N) is 1. The average molecular weight is 343 g/mol. The van der Waals surface area contributed by atoms with Crippen molar-refractivity contribution in [2.75, 3.05) is 7.11 Å². The molecular formula is C18H21N3O2S. The summed E-state index contributed by atoms with van der Waals surface area (Å²) in [6.45, 7) is 4.68. The summed E-state index contributed by atoms with van der Waals surface area (Å²) in [6.07, 6.45) is 1.61. The smallest absolute Gasteiger partial charge is 0.184 e. The minimum Gasteiger partial charge on any atom is -0.493 e. The molecule has 2 aromatic rings. The van der Waals surface area contributed by atoms with Crippen LogP contribution in [0.4, 0.5) is 0 Å². The second-order valence-corrected chi connectivity index (χ2v) is 5.73. The van der Waals surface area contributed by atoms with Gasteiger partial charge in [-0.1, -0.05) is 18.2 Å². The van der Waals surface area contributed by atoms with Crippen molar-refractivity contribution in [1.82, 2.24) is 5.43 Å². The van der Waals surface area contributed by atoms with E-state index in [2.05, 4.69) is 48.7 Å². The molecule has 24 heavy (non-hydrogen) atoms. The Balaban J connectivity index is 2.11. The molecule has 0 heterocycles. The number of rotatable bonds is 6. The number of nitrogens with two attached hydrogens (primary N) is 1. The van der Waals surface area contributed by atoms with E-state index in [1.54, 1.807) is 13.3 Å². The number of hydrogen-bond acceptors (Lipinski definition) is 4. The Morgan fingerprint density at radius 2 is 2.04 bits per heavy atom. The molecule has 0 saturated carbocycles. The van der Waals surface area contributed by atoms with Crippen molar-refractivity contribution in [3.63, 3.8) is 0 Å². The molecule has 0 amide bonds. The Hall–Kier alpha value is -2.60. The van der Waals surface area contributed by atoms with Gasteiger partial charge in [-0.15, -0.1) is 0 Å². The van der Waals surface area contributed by atoms with Gasteiger partial charge in [0.05, 0.1) is 13.3 Å². The van der Waals surface area contributed by atoms with Crippen LogP contribution < -0.4 is 20.6 Å². The SMILES string of the molecule is COc1cc(C=NNC(N)=S)ccc1OCc1cccc(C)c1C. The fourth-order valence-electron chi connectivity index (χ4n) is 2.18. The van der Waals surface area contributed by atoms with Gasteiger partial charge in [0, 0.05) is 0 Å². The fourth-order valence-corrected chi connectivity index (χ4v) is 2.23. The van der Waals surface area contributed by atoms with Gasteiger partial charge in [0.2, 0.25) is 0 Å². The minimum atomic E-state index is 0.117. The molecule has 6 heteroatoms. The standard InChI is InChI=1S/C18H21N3O2S/c1-12-5-4-6-15(13(12)2)11-23-16-8-7-14(9-17(16)22-3)10-20-21-18(19)24/h4-10H,11H2,1-3H3,(H3,19,21,24). The summed E-state index contributed by atoms with van der Waals surface area (Å²) in [5, 5.41) is 4.04. The Morgan fingerprint density at radius 3 is 2.75 bits per heavy atom. The van der Waals surface area contributed by atoms with Crippen molar-refractivity contribution in [2.24, 2.45) is 10.8 Å².